The van der Waals surface area contributed by atoms with Crippen LogP contribution in [0.3, 0.4) is 0 Å². The Bertz CT molecular complexity index is 611. The van der Waals surface area contributed by atoms with E-state index in [0.29, 0.717) is 13.2 Å². The van der Waals surface area contributed by atoms with Crippen LogP contribution in [0.1, 0.15) is 25.1 Å². The van der Waals surface area contributed by atoms with Crippen molar-refractivity contribution in [1.82, 2.24) is 4.98 Å². The van der Waals surface area contributed by atoms with E-state index in [1.807, 2.05) is 44.4 Å². The summed E-state index contributed by atoms with van der Waals surface area (Å²) in [5.74, 6) is 1.48. The number of anilines is 1. The molecule has 0 bridgehead atoms. The van der Waals surface area contributed by atoms with Gasteiger partial charge in [0.1, 0.15) is 0 Å². The van der Waals surface area contributed by atoms with Gasteiger partial charge in [0.2, 0.25) is 5.13 Å². The van der Waals surface area contributed by atoms with Crippen molar-refractivity contribution in [3.63, 3.8) is 0 Å². The molecule has 0 aliphatic carbocycles. The largest absolute Gasteiger partial charge is 0.490 e. The van der Waals surface area contributed by atoms with Crippen LogP contribution in [0.2, 0.25) is 0 Å². The van der Waals surface area contributed by atoms with Crippen LogP contribution in [0.25, 0.3) is 0 Å². The van der Waals surface area contributed by atoms with Crippen molar-refractivity contribution >= 4 is 22.7 Å². The quantitative estimate of drug-likeness (QED) is 0.626. The highest BCUT2D eigenvalue weighted by molar-refractivity contribution is 7.13. The maximum Gasteiger partial charge on any atom is 0.203 e. The topological polar surface area (TPSA) is 55.7 Å². The fraction of sp³-hybridized carbons (Fsp3) is 0.333. The number of hydrogen-bond donors (Lipinski definition) is 1. The molecule has 21 heavy (non-hydrogen) atoms. The average molecular weight is 305 g/mol. The Morgan fingerprint density at radius 1 is 1.24 bits per heavy atom. The average Bonchev–Trinajstić information content (AvgIpc) is 2.88. The van der Waals surface area contributed by atoms with Crippen LogP contribution in [-0.4, -0.2) is 24.4 Å². The van der Waals surface area contributed by atoms with Crippen molar-refractivity contribution in [2.24, 2.45) is 5.10 Å². The zero-order valence-electron chi connectivity index (χ0n) is 12.4. The number of thiazole rings is 1. The summed E-state index contributed by atoms with van der Waals surface area (Å²) >= 11 is 1.52. The molecule has 0 aliphatic rings. The molecule has 1 heterocycles. The highest BCUT2D eigenvalue weighted by Gasteiger charge is 2.05. The molecular weight excluding hydrogens is 286 g/mol. The van der Waals surface area contributed by atoms with E-state index in [1.165, 1.54) is 11.3 Å². The molecule has 0 aliphatic heterocycles. The van der Waals surface area contributed by atoms with Gasteiger partial charge in [0.25, 0.3) is 0 Å². The van der Waals surface area contributed by atoms with Crippen LogP contribution in [0, 0.1) is 6.92 Å². The Labute approximate surface area is 128 Å². The number of ether oxygens (including phenoxy) is 2. The lowest BCUT2D eigenvalue weighted by molar-refractivity contribution is 0.288. The highest BCUT2D eigenvalue weighted by atomic mass is 32.1. The molecule has 0 atom stereocenters. The smallest absolute Gasteiger partial charge is 0.203 e. The summed E-state index contributed by atoms with van der Waals surface area (Å²) in [6.45, 7) is 7.05. The Morgan fingerprint density at radius 3 is 2.67 bits per heavy atom. The van der Waals surface area contributed by atoms with Gasteiger partial charge >= 0.3 is 0 Å². The molecule has 1 N–H and O–H groups in total. The number of aromatic nitrogens is 1. The first-order valence-electron chi connectivity index (χ1n) is 6.83. The molecule has 1 aromatic heterocycles. The molecule has 2 aromatic rings. The zero-order chi connectivity index (χ0) is 15.1. The molecule has 5 nitrogen and oxygen atoms in total. The summed E-state index contributed by atoms with van der Waals surface area (Å²) in [6.07, 6.45) is 1.73. The summed E-state index contributed by atoms with van der Waals surface area (Å²) in [4.78, 5) is 4.28. The predicted molar refractivity (Wildman–Crippen MR) is 86.8 cm³/mol. The number of rotatable bonds is 7. The Balaban J connectivity index is 2.07. The molecule has 0 unspecified atom stereocenters. The molecule has 0 fully saturated rings. The van der Waals surface area contributed by atoms with E-state index in [4.69, 9.17) is 9.47 Å². The van der Waals surface area contributed by atoms with Gasteiger partial charge in [-0.25, -0.2) is 4.98 Å². The standard InChI is InChI=1S/C15H19N3O2S/c1-4-19-13-7-6-12(8-14(13)20-5-2)9-16-18-15-17-11(3)10-21-15/h6-10H,4-5H2,1-3H3,(H,17,18)/b16-9+. The minimum absolute atomic E-state index is 0.595. The van der Waals surface area contributed by atoms with E-state index in [2.05, 4.69) is 15.5 Å². The second-order valence-electron chi connectivity index (χ2n) is 4.24. The van der Waals surface area contributed by atoms with Gasteiger partial charge in [-0.2, -0.15) is 5.10 Å². The van der Waals surface area contributed by atoms with Gasteiger partial charge in [0.05, 0.1) is 25.1 Å². The zero-order valence-corrected chi connectivity index (χ0v) is 13.2. The summed E-state index contributed by atoms with van der Waals surface area (Å²) in [5.41, 5.74) is 4.83. The van der Waals surface area contributed by atoms with E-state index in [1.54, 1.807) is 6.21 Å². The molecule has 1 aromatic carbocycles. The molecule has 2 rings (SSSR count). The minimum Gasteiger partial charge on any atom is -0.490 e. The van der Waals surface area contributed by atoms with Crippen molar-refractivity contribution in [3.8, 4) is 11.5 Å². The fourth-order valence-electron chi connectivity index (χ4n) is 1.72. The third-order valence-electron chi connectivity index (χ3n) is 2.56. The minimum atomic E-state index is 0.595. The number of benzene rings is 1. The van der Waals surface area contributed by atoms with Crippen LogP contribution in [-0.2, 0) is 0 Å². The summed E-state index contributed by atoms with van der Waals surface area (Å²) in [5, 5.41) is 6.93. The van der Waals surface area contributed by atoms with E-state index in [-0.39, 0.29) is 0 Å². The fourth-order valence-corrected chi connectivity index (χ4v) is 2.35. The summed E-state index contributed by atoms with van der Waals surface area (Å²) in [7, 11) is 0. The van der Waals surface area contributed by atoms with Crippen molar-refractivity contribution in [2.75, 3.05) is 18.6 Å². The van der Waals surface area contributed by atoms with Crippen LogP contribution in [0.5, 0.6) is 11.5 Å². The first kappa shape index (κ1) is 15.3. The third kappa shape index (κ3) is 4.46. The van der Waals surface area contributed by atoms with Crippen LogP contribution in [0.4, 0.5) is 5.13 Å². The van der Waals surface area contributed by atoms with Gasteiger partial charge in [-0.1, -0.05) is 0 Å². The van der Waals surface area contributed by atoms with Gasteiger partial charge in [0.15, 0.2) is 11.5 Å². The lowest BCUT2D eigenvalue weighted by atomic mass is 10.2. The lowest BCUT2D eigenvalue weighted by Crippen LogP contribution is -1.99. The van der Waals surface area contributed by atoms with Crippen molar-refractivity contribution in [2.45, 2.75) is 20.8 Å². The molecule has 112 valence electrons. The van der Waals surface area contributed by atoms with Crippen LogP contribution in [0.15, 0.2) is 28.7 Å². The number of nitrogens with zero attached hydrogens (tertiary/aromatic N) is 2. The maximum atomic E-state index is 5.58. The third-order valence-corrected chi connectivity index (χ3v) is 3.43. The van der Waals surface area contributed by atoms with Crippen molar-refractivity contribution in [3.05, 3.63) is 34.8 Å². The van der Waals surface area contributed by atoms with Gasteiger partial charge in [-0.05, 0) is 44.5 Å². The first-order valence-corrected chi connectivity index (χ1v) is 7.71. The number of hydrazone groups is 1. The predicted octanol–water partition coefficient (Wildman–Crippen LogP) is 3.69. The van der Waals surface area contributed by atoms with Gasteiger partial charge in [-0.15, -0.1) is 11.3 Å². The normalized spacial score (nSPS) is 10.8. The number of aryl methyl sites for hydroxylation is 1. The lowest BCUT2D eigenvalue weighted by Gasteiger charge is -2.11. The van der Waals surface area contributed by atoms with E-state index >= 15 is 0 Å². The number of hydrogen-bond acceptors (Lipinski definition) is 6. The second kappa shape index (κ2) is 7.64. The van der Waals surface area contributed by atoms with Crippen LogP contribution >= 0.6 is 11.3 Å². The van der Waals surface area contributed by atoms with Gasteiger partial charge in [-0.3, -0.25) is 5.43 Å². The molecule has 0 saturated carbocycles. The van der Waals surface area contributed by atoms with Gasteiger partial charge < -0.3 is 9.47 Å². The van der Waals surface area contributed by atoms with Crippen molar-refractivity contribution < 1.29 is 9.47 Å². The highest BCUT2D eigenvalue weighted by Crippen LogP contribution is 2.28. The maximum absolute atomic E-state index is 5.58. The molecular formula is C15H19N3O2S. The van der Waals surface area contributed by atoms with E-state index in [9.17, 15) is 0 Å². The van der Waals surface area contributed by atoms with E-state index in [0.717, 1.165) is 27.9 Å². The molecule has 0 spiro atoms. The molecule has 0 saturated heterocycles. The summed E-state index contributed by atoms with van der Waals surface area (Å²) in [6, 6.07) is 5.74. The molecule has 6 heteroatoms. The Hall–Kier alpha value is -2.08. The van der Waals surface area contributed by atoms with Crippen LogP contribution < -0.4 is 14.9 Å². The SMILES string of the molecule is CCOc1ccc(/C=N/Nc2nc(C)cs2)cc1OCC. The first-order chi connectivity index (χ1) is 10.2. The summed E-state index contributed by atoms with van der Waals surface area (Å²) < 4.78 is 11.1. The molecule has 0 amide bonds. The van der Waals surface area contributed by atoms with Gasteiger partial charge in [0, 0.05) is 5.38 Å². The number of nitrogens with one attached hydrogen (secondary N) is 1. The second-order valence-corrected chi connectivity index (χ2v) is 5.09. The Kier molecular flexibility index (Phi) is 5.57. The Morgan fingerprint density at radius 2 is 2.00 bits per heavy atom. The van der Waals surface area contributed by atoms with Crippen molar-refractivity contribution in [1.29, 1.82) is 0 Å². The molecule has 0 radical (unpaired) electrons. The van der Waals surface area contributed by atoms with E-state index < -0.39 is 0 Å². The monoisotopic (exact) mass is 305 g/mol.